The van der Waals surface area contributed by atoms with E-state index >= 15 is 0 Å². The molecular formula is C25H27N3. The molecule has 2 aromatic carbocycles. The summed E-state index contributed by atoms with van der Waals surface area (Å²) in [6.45, 7) is 4.12. The molecule has 0 aliphatic carbocycles. The Bertz CT molecular complexity index is 971. The van der Waals surface area contributed by atoms with Crippen molar-refractivity contribution < 1.29 is 0 Å². The van der Waals surface area contributed by atoms with Gasteiger partial charge < -0.3 is 4.57 Å². The highest BCUT2D eigenvalue weighted by molar-refractivity contribution is 5.43. The average Bonchev–Trinajstić information content (AvgIpc) is 3.12. The van der Waals surface area contributed by atoms with Gasteiger partial charge in [0, 0.05) is 19.4 Å². The van der Waals surface area contributed by atoms with E-state index in [2.05, 4.69) is 82.7 Å². The lowest BCUT2D eigenvalue weighted by atomic mass is 10.0. The minimum Gasteiger partial charge on any atom is -0.357 e. The maximum absolute atomic E-state index is 4.36. The second-order valence-electron chi connectivity index (χ2n) is 6.94. The molecule has 0 aliphatic rings. The molecule has 3 heteroatoms. The standard InChI is InChI=1S/C25H27N3/c1-4-6-20(5-2)17-21-7-11-24(12-8-21)26-27-25-13-9-22(10-14-25)18-23-15-16-28(3)19-23/h4-16,19H,17-18H2,1-3H3/b6-4-,20-5+,27-26?. The van der Waals surface area contributed by atoms with Gasteiger partial charge in [0.25, 0.3) is 0 Å². The van der Waals surface area contributed by atoms with Gasteiger partial charge in [0.1, 0.15) is 0 Å². The number of benzene rings is 2. The van der Waals surface area contributed by atoms with E-state index in [0.717, 1.165) is 24.2 Å². The van der Waals surface area contributed by atoms with Gasteiger partial charge in [0.2, 0.25) is 0 Å². The minimum atomic E-state index is 0.866. The molecule has 0 radical (unpaired) electrons. The monoisotopic (exact) mass is 369 g/mol. The summed E-state index contributed by atoms with van der Waals surface area (Å²) in [5, 5.41) is 8.73. The van der Waals surface area contributed by atoms with Gasteiger partial charge in [0.15, 0.2) is 0 Å². The Morgan fingerprint density at radius 2 is 1.43 bits per heavy atom. The first-order valence-corrected chi connectivity index (χ1v) is 9.64. The predicted octanol–water partition coefficient (Wildman–Crippen LogP) is 7.10. The molecule has 1 heterocycles. The number of aryl methyl sites for hydroxylation is 1. The van der Waals surface area contributed by atoms with E-state index in [-0.39, 0.29) is 0 Å². The van der Waals surface area contributed by atoms with E-state index in [1.165, 1.54) is 22.3 Å². The average molecular weight is 370 g/mol. The molecule has 0 saturated carbocycles. The van der Waals surface area contributed by atoms with E-state index in [9.17, 15) is 0 Å². The third kappa shape index (κ3) is 5.65. The predicted molar refractivity (Wildman–Crippen MR) is 118 cm³/mol. The first-order valence-electron chi connectivity index (χ1n) is 9.64. The van der Waals surface area contributed by atoms with Crippen molar-refractivity contribution >= 4 is 11.4 Å². The topological polar surface area (TPSA) is 29.6 Å². The first kappa shape index (κ1) is 19.6. The Labute approximate surface area is 167 Å². The van der Waals surface area contributed by atoms with Crippen molar-refractivity contribution in [3.63, 3.8) is 0 Å². The van der Waals surface area contributed by atoms with Crippen LogP contribution in [-0.4, -0.2) is 4.57 Å². The third-order valence-electron chi connectivity index (χ3n) is 4.61. The quantitative estimate of drug-likeness (QED) is 0.314. The molecule has 0 fully saturated rings. The molecule has 3 rings (SSSR count). The molecule has 3 nitrogen and oxygen atoms in total. The fourth-order valence-corrected chi connectivity index (χ4v) is 3.08. The third-order valence-corrected chi connectivity index (χ3v) is 4.61. The Kier molecular flexibility index (Phi) is 6.74. The van der Waals surface area contributed by atoms with Crippen LogP contribution in [0.15, 0.2) is 101 Å². The highest BCUT2D eigenvalue weighted by Gasteiger charge is 1.99. The van der Waals surface area contributed by atoms with Crippen molar-refractivity contribution in [2.45, 2.75) is 26.7 Å². The van der Waals surface area contributed by atoms with Crippen LogP contribution in [0.1, 0.15) is 30.5 Å². The molecule has 0 amide bonds. The molecule has 0 spiro atoms. The van der Waals surface area contributed by atoms with E-state index in [0.29, 0.717) is 0 Å². The van der Waals surface area contributed by atoms with E-state index in [1.54, 1.807) is 0 Å². The maximum atomic E-state index is 4.36. The number of azo groups is 1. The van der Waals surface area contributed by atoms with Gasteiger partial charge in [-0.2, -0.15) is 10.2 Å². The highest BCUT2D eigenvalue weighted by atomic mass is 15.1. The lowest BCUT2D eigenvalue weighted by molar-refractivity contribution is 0.921. The van der Waals surface area contributed by atoms with Gasteiger partial charge in [-0.25, -0.2) is 0 Å². The van der Waals surface area contributed by atoms with E-state index in [1.807, 2.05) is 38.2 Å². The molecule has 142 valence electrons. The number of aromatic nitrogens is 1. The van der Waals surface area contributed by atoms with E-state index in [4.69, 9.17) is 0 Å². The summed E-state index contributed by atoms with van der Waals surface area (Å²) in [7, 11) is 2.04. The maximum Gasteiger partial charge on any atom is 0.0857 e. The number of nitrogens with zero attached hydrogens (tertiary/aromatic N) is 3. The van der Waals surface area contributed by atoms with Crippen LogP contribution in [0.4, 0.5) is 11.4 Å². The van der Waals surface area contributed by atoms with Gasteiger partial charge >= 0.3 is 0 Å². The Hall–Kier alpha value is -3.20. The summed E-state index contributed by atoms with van der Waals surface area (Å²) < 4.78 is 2.07. The minimum absolute atomic E-state index is 0.866. The zero-order chi connectivity index (χ0) is 19.8. The van der Waals surface area contributed by atoms with Gasteiger partial charge in [0.05, 0.1) is 11.4 Å². The second-order valence-corrected chi connectivity index (χ2v) is 6.94. The molecule has 1 aromatic heterocycles. The van der Waals surface area contributed by atoms with Gasteiger partial charge in [-0.15, -0.1) is 0 Å². The van der Waals surface area contributed by atoms with Crippen LogP contribution in [-0.2, 0) is 19.9 Å². The number of allylic oxidation sites excluding steroid dienone is 4. The summed E-state index contributed by atoms with van der Waals surface area (Å²) >= 11 is 0. The molecule has 0 N–H and O–H groups in total. The van der Waals surface area contributed by atoms with Crippen molar-refractivity contribution in [3.05, 3.63) is 107 Å². The zero-order valence-electron chi connectivity index (χ0n) is 16.8. The van der Waals surface area contributed by atoms with Crippen LogP contribution in [0.2, 0.25) is 0 Å². The number of rotatable bonds is 7. The number of hydrogen-bond donors (Lipinski definition) is 0. The second kappa shape index (κ2) is 9.65. The molecule has 0 aliphatic heterocycles. The fraction of sp³-hybridized carbons (Fsp3) is 0.200. The molecule has 0 atom stereocenters. The smallest absolute Gasteiger partial charge is 0.0857 e. The van der Waals surface area contributed by atoms with Gasteiger partial charge in [-0.3, -0.25) is 0 Å². The first-order chi connectivity index (χ1) is 13.7. The zero-order valence-corrected chi connectivity index (χ0v) is 16.8. The lowest BCUT2D eigenvalue weighted by Crippen LogP contribution is -1.86. The van der Waals surface area contributed by atoms with Crippen LogP contribution < -0.4 is 0 Å². The van der Waals surface area contributed by atoms with Crippen molar-refractivity contribution in [2.24, 2.45) is 17.3 Å². The van der Waals surface area contributed by atoms with Crippen molar-refractivity contribution in [1.29, 1.82) is 0 Å². The molecule has 3 aromatic rings. The number of hydrogen-bond acceptors (Lipinski definition) is 2. The van der Waals surface area contributed by atoms with Crippen LogP contribution in [0.5, 0.6) is 0 Å². The normalized spacial score (nSPS) is 12.3. The van der Waals surface area contributed by atoms with E-state index < -0.39 is 0 Å². The highest BCUT2D eigenvalue weighted by Crippen LogP contribution is 2.21. The van der Waals surface area contributed by atoms with Crippen molar-refractivity contribution in [2.75, 3.05) is 0 Å². The molecule has 28 heavy (non-hydrogen) atoms. The largest absolute Gasteiger partial charge is 0.357 e. The fourth-order valence-electron chi connectivity index (χ4n) is 3.08. The summed E-state index contributed by atoms with van der Waals surface area (Å²) in [4.78, 5) is 0. The summed E-state index contributed by atoms with van der Waals surface area (Å²) in [6, 6.07) is 18.7. The Morgan fingerprint density at radius 3 is 1.93 bits per heavy atom. The van der Waals surface area contributed by atoms with Crippen LogP contribution in [0.25, 0.3) is 0 Å². The molecule has 0 unspecified atom stereocenters. The molecule has 0 bridgehead atoms. The molecular weight excluding hydrogens is 342 g/mol. The van der Waals surface area contributed by atoms with Crippen LogP contribution in [0, 0.1) is 0 Å². The Balaban J connectivity index is 1.60. The molecule has 0 saturated heterocycles. The van der Waals surface area contributed by atoms with Crippen LogP contribution >= 0.6 is 0 Å². The van der Waals surface area contributed by atoms with Gasteiger partial charge in [-0.1, -0.05) is 42.5 Å². The Morgan fingerprint density at radius 1 is 0.821 bits per heavy atom. The summed E-state index contributed by atoms with van der Waals surface area (Å²) in [5.41, 5.74) is 6.90. The van der Waals surface area contributed by atoms with Crippen LogP contribution in [0.3, 0.4) is 0 Å². The van der Waals surface area contributed by atoms with Gasteiger partial charge in [-0.05, 0) is 79.3 Å². The van der Waals surface area contributed by atoms with Crippen molar-refractivity contribution in [3.8, 4) is 0 Å². The lowest BCUT2D eigenvalue weighted by Gasteiger charge is -2.03. The van der Waals surface area contributed by atoms with Crippen molar-refractivity contribution in [1.82, 2.24) is 4.57 Å². The summed E-state index contributed by atoms with van der Waals surface area (Å²) in [5.74, 6) is 0. The SMILES string of the molecule is C/C=C\C(=C/C)Cc1ccc(N=Nc2ccc(Cc3ccn(C)c3)cc2)cc1. The summed E-state index contributed by atoms with van der Waals surface area (Å²) in [6.07, 6.45) is 12.5.